The van der Waals surface area contributed by atoms with Crippen molar-refractivity contribution in [3.8, 4) is 0 Å². The minimum absolute atomic E-state index is 0.00925. The number of hydrogen-bond acceptors (Lipinski definition) is 4. The molecule has 0 spiro atoms. The molecule has 4 aromatic rings. The summed E-state index contributed by atoms with van der Waals surface area (Å²) in [7, 11) is 0. The van der Waals surface area contributed by atoms with Crippen molar-refractivity contribution in [2.24, 2.45) is 0 Å². The van der Waals surface area contributed by atoms with Crippen LogP contribution < -0.4 is 5.56 Å². The van der Waals surface area contributed by atoms with Crippen LogP contribution in [0.4, 0.5) is 0 Å². The second-order valence-corrected chi connectivity index (χ2v) is 8.13. The molecule has 1 fully saturated rings. The SMILES string of the molecule is O=C(c1cc2c(=O)n3ccccc3nc2s1)N1CCCC[C@@H]1c1ccccc1. The smallest absolute Gasteiger partial charge is 0.266 e. The first-order chi connectivity index (χ1) is 13.7. The van der Waals surface area contributed by atoms with Gasteiger partial charge in [-0.3, -0.25) is 14.0 Å². The number of carbonyl (C=O) groups is 1. The second kappa shape index (κ2) is 6.87. The van der Waals surface area contributed by atoms with E-state index in [2.05, 4.69) is 17.1 Å². The number of hydrogen-bond donors (Lipinski definition) is 0. The molecule has 6 heteroatoms. The Labute approximate surface area is 165 Å². The summed E-state index contributed by atoms with van der Waals surface area (Å²) in [6, 6.07) is 17.5. The molecule has 5 nitrogen and oxygen atoms in total. The number of thiophene rings is 1. The highest BCUT2D eigenvalue weighted by Crippen LogP contribution is 2.33. The van der Waals surface area contributed by atoms with E-state index < -0.39 is 0 Å². The van der Waals surface area contributed by atoms with Gasteiger partial charge in [0.2, 0.25) is 0 Å². The van der Waals surface area contributed by atoms with Crippen LogP contribution in [0.1, 0.15) is 40.5 Å². The molecule has 4 heterocycles. The molecule has 28 heavy (non-hydrogen) atoms. The summed E-state index contributed by atoms with van der Waals surface area (Å²) in [6.45, 7) is 0.737. The molecule has 3 aromatic heterocycles. The van der Waals surface area contributed by atoms with Gasteiger partial charge in [0.1, 0.15) is 10.5 Å². The Balaban J connectivity index is 1.57. The van der Waals surface area contributed by atoms with Crippen molar-refractivity contribution in [2.75, 3.05) is 6.54 Å². The number of aromatic nitrogens is 2. The lowest BCUT2D eigenvalue weighted by molar-refractivity contribution is 0.0616. The van der Waals surface area contributed by atoms with Crippen LogP contribution >= 0.6 is 11.3 Å². The summed E-state index contributed by atoms with van der Waals surface area (Å²) in [5.74, 6) is -0.00925. The number of carbonyl (C=O) groups excluding carboxylic acids is 1. The molecular formula is C22H19N3O2S. The summed E-state index contributed by atoms with van der Waals surface area (Å²) < 4.78 is 1.52. The van der Waals surface area contributed by atoms with Gasteiger partial charge < -0.3 is 4.90 Å². The molecule has 5 rings (SSSR count). The van der Waals surface area contributed by atoms with E-state index in [-0.39, 0.29) is 17.5 Å². The van der Waals surface area contributed by atoms with E-state index in [9.17, 15) is 9.59 Å². The average molecular weight is 389 g/mol. The first kappa shape index (κ1) is 17.1. The van der Waals surface area contributed by atoms with Crippen molar-refractivity contribution in [2.45, 2.75) is 25.3 Å². The summed E-state index contributed by atoms with van der Waals surface area (Å²) in [6.07, 6.45) is 4.79. The average Bonchev–Trinajstić information content (AvgIpc) is 3.18. The molecule has 0 N–H and O–H groups in total. The zero-order chi connectivity index (χ0) is 19.1. The van der Waals surface area contributed by atoms with Gasteiger partial charge in [-0.05, 0) is 43.0 Å². The molecule has 1 aromatic carbocycles. The predicted octanol–water partition coefficient (Wildman–Crippen LogP) is 4.28. The molecule has 0 unspecified atom stereocenters. The van der Waals surface area contributed by atoms with Crippen LogP contribution in [0.25, 0.3) is 15.9 Å². The molecule has 1 aliphatic heterocycles. The van der Waals surface area contributed by atoms with Crippen LogP contribution in [0.3, 0.4) is 0 Å². The van der Waals surface area contributed by atoms with Crippen LogP contribution in [-0.2, 0) is 0 Å². The Morgan fingerprint density at radius 1 is 1.07 bits per heavy atom. The van der Waals surface area contributed by atoms with Gasteiger partial charge >= 0.3 is 0 Å². The van der Waals surface area contributed by atoms with Gasteiger partial charge in [-0.25, -0.2) is 4.98 Å². The maximum Gasteiger partial charge on any atom is 0.266 e. The number of benzene rings is 1. The molecule has 0 radical (unpaired) electrons. The highest BCUT2D eigenvalue weighted by atomic mass is 32.1. The highest BCUT2D eigenvalue weighted by Gasteiger charge is 2.30. The maximum absolute atomic E-state index is 13.4. The number of piperidine rings is 1. The molecule has 0 aliphatic carbocycles. The molecule has 1 aliphatic rings. The minimum atomic E-state index is -0.130. The van der Waals surface area contributed by atoms with Crippen LogP contribution in [0.15, 0.2) is 65.6 Å². The minimum Gasteiger partial charge on any atom is -0.331 e. The fourth-order valence-electron chi connectivity index (χ4n) is 3.99. The highest BCUT2D eigenvalue weighted by molar-refractivity contribution is 7.20. The number of amides is 1. The van der Waals surface area contributed by atoms with E-state index in [1.165, 1.54) is 21.3 Å². The van der Waals surface area contributed by atoms with Crippen molar-refractivity contribution in [1.29, 1.82) is 0 Å². The van der Waals surface area contributed by atoms with Gasteiger partial charge in [-0.15, -0.1) is 11.3 Å². The van der Waals surface area contributed by atoms with E-state index in [0.29, 0.717) is 20.7 Å². The van der Waals surface area contributed by atoms with Crippen molar-refractivity contribution in [1.82, 2.24) is 14.3 Å². The normalized spacial score (nSPS) is 17.3. The standard InChI is InChI=1S/C22H19N3O2S/c26-21-16-14-18(28-20(16)23-19-11-5-7-13-25(19)21)22(27)24-12-6-4-10-17(24)15-8-2-1-3-9-15/h1-3,5,7-9,11,13-14,17H,4,6,10,12H2/t17-/m1/s1. The van der Waals surface area contributed by atoms with Gasteiger partial charge in [0.25, 0.3) is 11.5 Å². The number of rotatable bonds is 2. The van der Waals surface area contributed by atoms with Crippen LogP contribution in [-0.4, -0.2) is 26.7 Å². The summed E-state index contributed by atoms with van der Waals surface area (Å²) >= 11 is 1.31. The van der Waals surface area contributed by atoms with E-state index in [1.807, 2.05) is 29.2 Å². The fraction of sp³-hybridized carbons (Fsp3) is 0.227. The Morgan fingerprint density at radius 3 is 2.75 bits per heavy atom. The van der Waals surface area contributed by atoms with Crippen molar-refractivity contribution >= 4 is 33.1 Å². The number of nitrogens with zero attached hydrogens (tertiary/aromatic N) is 3. The van der Waals surface area contributed by atoms with Crippen molar-refractivity contribution in [3.05, 3.63) is 81.6 Å². The molecule has 0 saturated carbocycles. The number of pyridine rings is 1. The zero-order valence-electron chi connectivity index (χ0n) is 15.2. The third-order valence-corrected chi connectivity index (χ3v) is 6.39. The van der Waals surface area contributed by atoms with E-state index in [1.54, 1.807) is 24.4 Å². The lowest BCUT2D eigenvalue weighted by Crippen LogP contribution is -2.38. The van der Waals surface area contributed by atoms with Crippen LogP contribution in [0, 0.1) is 0 Å². The monoisotopic (exact) mass is 389 g/mol. The molecular weight excluding hydrogens is 370 g/mol. The van der Waals surface area contributed by atoms with E-state index in [4.69, 9.17) is 0 Å². The van der Waals surface area contributed by atoms with Crippen LogP contribution in [0.2, 0.25) is 0 Å². The Bertz CT molecular complexity index is 1230. The van der Waals surface area contributed by atoms with Gasteiger partial charge in [-0.1, -0.05) is 36.4 Å². The van der Waals surface area contributed by atoms with Crippen molar-refractivity contribution in [3.63, 3.8) is 0 Å². The molecule has 1 saturated heterocycles. The third kappa shape index (κ3) is 2.81. The van der Waals surface area contributed by atoms with E-state index >= 15 is 0 Å². The topological polar surface area (TPSA) is 54.7 Å². The first-order valence-corrected chi connectivity index (χ1v) is 10.3. The molecule has 0 bridgehead atoms. The Hall–Kier alpha value is -2.99. The maximum atomic E-state index is 13.4. The molecule has 1 atom stereocenters. The third-order valence-electron chi connectivity index (χ3n) is 5.37. The van der Waals surface area contributed by atoms with Gasteiger partial charge in [-0.2, -0.15) is 0 Å². The summed E-state index contributed by atoms with van der Waals surface area (Å²) in [5.41, 5.74) is 1.63. The summed E-state index contributed by atoms with van der Waals surface area (Å²) in [4.78, 5) is 33.9. The quantitative estimate of drug-likeness (QED) is 0.514. The van der Waals surface area contributed by atoms with Crippen LogP contribution in [0.5, 0.6) is 0 Å². The van der Waals surface area contributed by atoms with E-state index in [0.717, 1.165) is 25.8 Å². The second-order valence-electron chi connectivity index (χ2n) is 7.10. The first-order valence-electron chi connectivity index (χ1n) is 9.49. The molecule has 1 amide bonds. The fourth-order valence-corrected chi connectivity index (χ4v) is 4.98. The summed E-state index contributed by atoms with van der Waals surface area (Å²) in [5, 5.41) is 0.505. The Morgan fingerprint density at radius 2 is 1.89 bits per heavy atom. The van der Waals surface area contributed by atoms with Crippen molar-refractivity contribution < 1.29 is 4.79 Å². The largest absolute Gasteiger partial charge is 0.331 e. The lowest BCUT2D eigenvalue weighted by Gasteiger charge is -2.35. The number of likely N-dealkylation sites (tertiary alicyclic amines) is 1. The van der Waals surface area contributed by atoms with Gasteiger partial charge in [0, 0.05) is 12.7 Å². The Kier molecular flexibility index (Phi) is 4.20. The lowest BCUT2D eigenvalue weighted by atomic mass is 9.95. The predicted molar refractivity (Wildman–Crippen MR) is 111 cm³/mol. The number of fused-ring (bicyclic) bond motifs is 2. The zero-order valence-corrected chi connectivity index (χ0v) is 16.1. The van der Waals surface area contributed by atoms with Gasteiger partial charge in [0.05, 0.1) is 16.3 Å². The molecule has 140 valence electrons. The van der Waals surface area contributed by atoms with Gasteiger partial charge in [0.15, 0.2) is 0 Å².